The van der Waals surface area contributed by atoms with Gasteiger partial charge in [0.05, 0.1) is 16.6 Å². The Bertz CT molecular complexity index is 483. The average molecular weight is 236 g/mol. The molecule has 1 aliphatic rings. The van der Waals surface area contributed by atoms with Crippen LogP contribution >= 0.6 is 0 Å². The number of nitro groups is 1. The number of hydrogen-bond acceptors (Lipinski definition) is 5. The van der Waals surface area contributed by atoms with E-state index in [1.54, 1.807) is 23.2 Å². The molecule has 0 N–H and O–H groups in total. The summed E-state index contributed by atoms with van der Waals surface area (Å²) in [4.78, 5) is 12.3. The van der Waals surface area contributed by atoms with Crippen molar-refractivity contribution in [3.8, 4) is 11.5 Å². The van der Waals surface area contributed by atoms with Crippen LogP contribution in [0.2, 0.25) is 0 Å². The van der Waals surface area contributed by atoms with Crippen LogP contribution in [0.1, 0.15) is 5.56 Å². The summed E-state index contributed by atoms with van der Waals surface area (Å²) in [5.74, 6) is 0.952. The molecule has 0 atom stereocenters. The molecule has 17 heavy (non-hydrogen) atoms. The number of rotatable bonds is 3. The summed E-state index contributed by atoms with van der Waals surface area (Å²) in [7, 11) is 3.69. The Morgan fingerprint density at radius 2 is 2.00 bits per heavy atom. The van der Waals surface area contributed by atoms with Gasteiger partial charge in [-0.3, -0.25) is 10.1 Å². The lowest BCUT2D eigenvalue weighted by molar-refractivity contribution is -0.385. The molecule has 0 amide bonds. The molecule has 0 saturated heterocycles. The van der Waals surface area contributed by atoms with E-state index < -0.39 is 4.92 Å². The minimum Gasteiger partial charge on any atom is -0.454 e. The zero-order chi connectivity index (χ0) is 12.4. The molecule has 1 aromatic rings. The molecule has 0 aliphatic carbocycles. The van der Waals surface area contributed by atoms with E-state index in [1.807, 2.05) is 14.1 Å². The molecular formula is C11H12N2O4. The monoisotopic (exact) mass is 236 g/mol. The summed E-state index contributed by atoms with van der Waals surface area (Å²) in [6.07, 6.45) is 3.41. The third-order valence-electron chi connectivity index (χ3n) is 2.27. The van der Waals surface area contributed by atoms with Gasteiger partial charge >= 0.3 is 0 Å². The van der Waals surface area contributed by atoms with Gasteiger partial charge in [0.1, 0.15) is 0 Å². The summed E-state index contributed by atoms with van der Waals surface area (Å²) >= 11 is 0. The molecule has 0 radical (unpaired) electrons. The van der Waals surface area contributed by atoms with E-state index in [9.17, 15) is 10.1 Å². The van der Waals surface area contributed by atoms with Gasteiger partial charge in [-0.05, 0) is 18.3 Å². The summed E-state index contributed by atoms with van der Waals surface area (Å²) in [6, 6.07) is 3.00. The second-order valence-corrected chi connectivity index (χ2v) is 3.80. The Labute approximate surface area is 98.2 Å². The van der Waals surface area contributed by atoms with Crippen molar-refractivity contribution in [2.45, 2.75) is 0 Å². The van der Waals surface area contributed by atoms with Gasteiger partial charge in [-0.2, -0.15) is 0 Å². The highest BCUT2D eigenvalue weighted by atomic mass is 16.7. The van der Waals surface area contributed by atoms with Gasteiger partial charge < -0.3 is 14.4 Å². The fourth-order valence-corrected chi connectivity index (χ4v) is 1.47. The molecule has 0 bridgehead atoms. The van der Waals surface area contributed by atoms with Gasteiger partial charge in [-0.25, -0.2) is 0 Å². The minimum atomic E-state index is -0.433. The lowest BCUT2D eigenvalue weighted by Crippen LogP contribution is -2.00. The summed E-state index contributed by atoms with van der Waals surface area (Å²) in [6.45, 7) is 0.104. The SMILES string of the molecule is CN(C)/C=C/c1cc2c(cc1[N+](=O)[O-])OCO2. The number of nitrogens with zero attached hydrogens (tertiary/aromatic N) is 2. The van der Waals surface area contributed by atoms with Crippen molar-refractivity contribution in [2.75, 3.05) is 20.9 Å². The number of fused-ring (bicyclic) bond motifs is 1. The highest BCUT2D eigenvalue weighted by Gasteiger charge is 2.21. The highest BCUT2D eigenvalue weighted by molar-refractivity contribution is 5.66. The van der Waals surface area contributed by atoms with E-state index in [-0.39, 0.29) is 12.5 Å². The Balaban J connectivity index is 2.45. The van der Waals surface area contributed by atoms with Crippen molar-refractivity contribution in [1.82, 2.24) is 4.90 Å². The summed E-state index contributed by atoms with van der Waals surface area (Å²) in [5.41, 5.74) is 0.500. The summed E-state index contributed by atoms with van der Waals surface area (Å²) < 4.78 is 10.3. The van der Waals surface area contributed by atoms with Crippen molar-refractivity contribution >= 4 is 11.8 Å². The number of hydrogen-bond donors (Lipinski definition) is 0. The van der Waals surface area contributed by atoms with Gasteiger partial charge in [0, 0.05) is 14.1 Å². The number of ether oxygens (including phenoxy) is 2. The maximum atomic E-state index is 10.9. The second kappa shape index (κ2) is 4.32. The van der Waals surface area contributed by atoms with Crippen LogP contribution in [0.5, 0.6) is 11.5 Å². The fourth-order valence-electron chi connectivity index (χ4n) is 1.47. The Kier molecular flexibility index (Phi) is 2.86. The minimum absolute atomic E-state index is 0.00681. The van der Waals surface area contributed by atoms with Crippen LogP contribution in [-0.2, 0) is 0 Å². The van der Waals surface area contributed by atoms with E-state index in [0.717, 1.165) is 0 Å². The van der Waals surface area contributed by atoms with E-state index >= 15 is 0 Å². The predicted octanol–water partition coefficient (Wildman–Crippen LogP) is 1.86. The first-order valence-electron chi connectivity index (χ1n) is 5.00. The zero-order valence-corrected chi connectivity index (χ0v) is 9.54. The Morgan fingerprint density at radius 3 is 2.59 bits per heavy atom. The van der Waals surface area contributed by atoms with Crippen LogP contribution in [0, 0.1) is 10.1 Å². The van der Waals surface area contributed by atoms with Crippen LogP contribution in [0.3, 0.4) is 0 Å². The standard InChI is InChI=1S/C11H12N2O4/c1-12(2)4-3-8-5-10-11(17-7-16-10)6-9(8)13(14)15/h3-6H,7H2,1-2H3/b4-3+. The smallest absolute Gasteiger partial charge is 0.280 e. The molecule has 1 heterocycles. The van der Waals surface area contributed by atoms with Gasteiger partial charge in [0.2, 0.25) is 6.79 Å². The predicted molar refractivity (Wildman–Crippen MR) is 61.9 cm³/mol. The molecule has 0 saturated carbocycles. The maximum absolute atomic E-state index is 10.9. The van der Waals surface area contributed by atoms with Gasteiger partial charge in [-0.1, -0.05) is 0 Å². The van der Waals surface area contributed by atoms with Crippen molar-refractivity contribution in [3.63, 3.8) is 0 Å². The molecule has 0 spiro atoms. The van der Waals surface area contributed by atoms with Crippen LogP contribution < -0.4 is 9.47 Å². The molecular weight excluding hydrogens is 224 g/mol. The van der Waals surface area contributed by atoms with E-state index in [4.69, 9.17) is 9.47 Å². The van der Waals surface area contributed by atoms with E-state index in [1.165, 1.54) is 6.07 Å². The lowest BCUT2D eigenvalue weighted by Gasteiger charge is -2.04. The van der Waals surface area contributed by atoms with E-state index in [2.05, 4.69) is 0 Å². The molecule has 2 rings (SSSR count). The van der Waals surface area contributed by atoms with Gasteiger partial charge in [0.15, 0.2) is 11.5 Å². The molecule has 6 nitrogen and oxygen atoms in total. The quantitative estimate of drug-likeness (QED) is 0.592. The van der Waals surface area contributed by atoms with E-state index in [0.29, 0.717) is 17.1 Å². The second-order valence-electron chi connectivity index (χ2n) is 3.80. The van der Waals surface area contributed by atoms with Gasteiger partial charge in [0.25, 0.3) is 5.69 Å². The van der Waals surface area contributed by atoms with Crippen LogP contribution in [0.25, 0.3) is 6.08 Å². The zero-order valence-electron chi connectivity index (χ0n) is 9.54. The average Bonchev–Trinajstić information content (AvgIpc) is 2.71. The molecule has 0 fully saturated rings. The first-order chi connectivity index (χ1) is 8.08. The largest absolute Gasteiger partial charge is 0.454 e. The summed E-state index contributed by atoms with van der Waals surface area (Å²) in [5, 5.41) is 10.9. The number of nitro benzene ring substituents is 1. The van der Waals surface area contributed by atoms with Crippen molar-refractivity contribution < 1.29 is 14.4 Å². The maximum Gasteiger partial charge on any atom is 0.280 e. The topological polar surface area (TPSA) is 64.8 Å². The highest BCUT2D eigenvalue weighted by Crippen LogP contribution is 2.38. The molecule has 1 aliphatic heterocycles. The Hall–Kier alpha value is -2.24. The molecule has 0 unspecified atom stereocenters. The van der Waals surface area contributed by atoms with Crippen molar-refractivity contribution in [2.24, 2.45) is 0 Å². The first kappa shape index (κ1) is 11.3. The molecule has 1 aromatic carbocycles. The van der Waals surface area contributed by atoms with Crippen LogP contribution in [0.4, 0.5) is 5.69 Å². The number of benzene rings is 1. The van der Waals surface area contributed by atoms with Crippen LogP contribution in [-0.4, -0.2) is 30.7 Å². The molecule has 6 heteroatoms. The first-order valence-corrected chi connectivity index (χ1v) is 5.00. The lowest BCUT2D eigenvalue weighted by atomic mass is 10.1. The molecule has 0 aromatic heterocycles. The van der Waals surface area contributed by atoms with Gasteiger partial charge in [-0.15, -0.1) is 0 Å². The van der Waals surface area contributed by atoms with Crippen molar-refractivity contribution in [3.05, 3.63) is 34.0 Å². The van der Waals surface area contributed by atoms with Crippen LogP contribution in [0.15, 0.2) is 18.3 Å². The normalized spacial score (nSPS) is 13.1. The third kappa shape index (κ3) is 2.30. The third-order valence-corrected chi connectivity index (χ3v) is 2.27. The Morgan fingerprint density at radius 1 is 1.35 bits per heavy atom. The van der Waals surface area contributed by atoms with Crippen molar-refractivity contribution in [1.29, 1.82) is 0 Å². The fraction of sp³-hybridized carbons (Fsp3) is 0.273. The molecule has 90 valence electrons.